The van der Waals surface area contributed by atoms with Gasteiger partial charge < -0.3 is 16.2 Å². The molecule has 2 aromatic rings. The second-order valence-corrected chi connectivity index (χ2v) is 6.04. The molecule has 0 aromatic heterocycles. The van der Waals surface area contributed by atoms with Crippen molar-refractivity contribution in [3.05, 3.63) is 70.8 Å². The Bertz CT molecular complexity index is 716. The summed E-state index contributed by atoms with van der Waals surface area (Å²) in [5.41, 5.74) is 5.80. The molecule has 2 rings (SSSR count). The zero-order valence-corrected chi connectivity index (χ0v) is 13.7. The van der Waals surface area contributed by atoms with E-state index in [0.29, 0.717) is 11.1 Å². The van der Waals surface area contributed by atoms with Crippen molar-refractivity contribution >= 4 is 0 Å². The number of halogens is 5. The van der Waals surface area contributed by atoms with E-state index in [1.165, 1.54) is 12.1 Å². The molecular formula is C18H19F5N2O. The average Bonchev–Trinajstić information content (AvgIpc) is 2.53. The van der Waals surface area contributed by atoms with Crippen LogP contribution in [-0.2, 0) is 19.1 Å². The minimum atomic E-state index is -4.42. The van der Waals surface area contributed by atoms with Gasteiger partial charge in [0.2, 0.25) is 0 Å². The molecule has 0 aliphatic rings. The summed E-state index contributed by atoms with van der Waals surface area (Å²) in [5, 5.41) is 12.8. The number of rotatable bonds is 7. The first kappa shape index (κ1) is 20.3. The van der Waals surface area contributed by atoms with E-state index < -0.39 is 35.5 Å². The average molecular weight is 374 g/mol. The van der Waals surface area contributed by atoms with Gasteiger partial charge in [0.05, 0.1) is 11.7 Å². The summed E-state index contributed by atoms with van der Waals surface area (Å²) >= 11 is 0. The number of aliphatic hydroxyl groups is 1. The van der Waals surface area contributed by atoms with Gasteiger partial charge >= 0.3 is 6.18 Å². The highest BCUT2D eigenvalue weighted by atomic mass is 19.4. The first-order valence-electron chi connectivity index (χ1n) is 7.90. The minimum absolute atomic E-state index is 0.0230. The monoisotopic (exact) mass is 374 g/mol. The van der Waals surface area contributed by atoms with E-state index >= 15 is 0 Å². The standard InChI is InChI=1S/C18H19F5N2O/c19-14-5-12(6-15(20)8-14)7-16(24)17(26)10-25-9-11-2-1-3-13(4-11)18(21,22)23/h1-6,8,16-17,25-26H,7,9-10,24H2/t16?,17-/m1/s1. The third-order valence-corrected chi connectivity index (χ3v) is 3.82. The van der Waals surface area contributed by atoms with Gasteiger partial charge in [-0.2, -0.15) is 13.2 Å². The largest absolute Gasteiger partial charge is 0.416 e. The Kier molecular flexibility index (Phi) is 6.69. The van der Waals surface area contributed by atoms with Gasteiger partial charge in [-0.1, -0.05) is 18.2 Å². The Morgan fingerprint density at radius 2 is 1.65 bits per heavy atom. The van der Waals surface area contributed by atoms with Crippen LogP contribution in [0.2, 0.25) is 0 Å². The van der Waals surface area contributed by atoms with E-state index in [1.807, 2.05) is 0 Å². The zero-order chi connectivity index (χ0) is 19.3. The Hall–Kier alpha value is -2.03. The predicted molar refractivity (Wildman–Crippen MR) is 87.2 cm³/mol. The second-order valence-electron chi connectivity index (χ2n) is 6.04. The van der Waals surface area contributed by atoms with Crippen molar-refractivity contribution in [2.45, 2.75) is 31.3 Å². The minimum Gasteiger partial charge on any atom is -0.390 e. The summed E-state index contributed by atoms with van der Waals surface area (Å²) in [4.78, 5) is 0. The predicted octanol–water partition coefficient (Wildman–Crippen LogP) is 3.00. The van der Waals surface area contributed by atoms with E-state index in [4.69, 9.17) is 5.73 Å². The maximum Gasteiger partial charge on any atom is 0.416 e. The third-order valence-electron chi connectivity index (χ3n) is 3.82. The van der Waals surface area contributed by atoms with Crippen molar-refractivity contribution in [1.82, 2.24) is 5.32 Å². The molecule has 0 heterocycles. The highest BCUT2D eigenvalue weighted by Crippen LogP contribution is 2.29. The first-order valence-corrected chi connectivity index (χ1v) is 7.90. The number of hydrogen-bond acceptors (Lipinski definition) is 3. The van der Waals surface area contributed by atoms with Crippen LogP contribution < -0.4 is 11.1 Å². The Morgan fingerprint density at radius 3 is 2.27 bits per heavy atom. The van der Waals surface area contributed by atoms with Crippen LogP contribution in [0.4, 0.5) is 22.0 Å². The molecular weight excluding hydrogens is 355 g/mol. The van der Waals surface area contributed by atoms with E-state index in [9.17, 15) is 27.1 Å². The topological polar surface area (TPSA) is 58.3 Å². The highest BCUT2D eigenvalue weighted by Gasteiger charge is 2.30. The molecule has 0 saturated heterocycles. The van der Waals surface area contributed by atoms with Crippen molar-refractivity contribution in [2.75, 3.05) is 6.54 Å². The van der Waals surface area contributed by atoms with Crippen LogP contribution in [0, 0.1) is 11.6 Å². The molecule has 2 aromatic carbocycles. The van der Waals surface area contributed by atoms with Gasteiger partial charge in [-0.3, -0.25) is 0 Å². The van der Waals surface area contributed by atoms with Crippen LogP contribution in [0.5, 0.6) is 0 Å². The molecule has 0 radical (unpaired) electrons. The quantitative estimate of drug-likeness (QED) is 0.653. The number of hydrogen-bond donors (Lipinski definition) is 3. The fraction of sp³-hybridized carbons (Fsp3) is 0.333. The molecule has 0 spiro atoms. The van der Waals surface area contributed by atoms with Crippen LogP contribution in [0.25, 0.3) is 0 Å². The molecule has 26 heavy (non-hydrogen) atoms. The fourth-order valence-corrected chi connectivity index (χ4v) is 2.51. The molecule has 8 heteroatoms. The highest BCUT2D eigenvalue weighted by molar-refractivity contribution is 5.25. The van der Waals surface area contributed by atoms with Gasteiger partial charge in [-0.25, -0.2) is 8.78 Å². The van der Waals surface area contributed by atoms with E-state index in [0.717, 1.165) is 30.3 Å². The lowest BCUT2D eigenvalue weighted by molar-refractivity contribution is -0.137. The molecule has 0 aliphatic carbocycles. The molecule has 4 N–H and O–H groups in total. The van der Waals surface area contributed by atoms with Crippen molar-refractivity contribution < 1.29 is 27.1 Å². The number of aliphatic hydroxyl groups excluding tert-OH is 1. The fourth-order valence-electron chi connectivity index (χ4n) is 2.51. The lowest BCUT2D eigenvalue weighted by Gasteiger charge is -2.20. The Labute approximate surface area is 147 Å². The van der Waals surface area contributed by atoms with Crippen LogP contribution in [-0.4, -0.2) is 23.8 Å². The SMILES string of the molecule is NC(Cc1cc(F)cc(F)c1)[C@H](O)CNCc1cccc(C(F)(F)F)c1. The number of alkyl halides is 3. The Balaban J connectivity index is 1.85. The molecule has 0 saturated carbocycles. The molecule has 0 amide bonds. The van der Waals surface area contributed by atoms with Gasteiger partial charge in [-0.05, 0) is 35.7 Å². The smallest absolute Gasteiger partial charge is 0.390 e. The summed E-state index contributed by atoms with van der Waals surface area (Å²) in [6, 6.07) is 7.05. The molecule has 3 nitrogen and oxygen atoms in total. The van der Waals surface area contributed by atoms with Crippen molar-refractivity contribution in [1.29, 1.82) is 0 Å². The number of nitrogens with one attached hydrogen (secondary N) is 1. The van der Waals surface area contributed by atoms with Crippen LogP contribution in [0.1, 0.15) is 16.7 Å². The second kappa shape index (κ2) is 8.57. The molecule has 2 atom stereocenters. The maximum atomic E-state index is 13.2. The molecule has 0 fully saturated rings. The molecule has 0 aliphatic heterocycles. The van der Waals surface area contributed by atoms with E-state index in [-0.39, 0.29) is 19.5 Å². The van der Waals surface area contributed by atoms with Crippen LogP contribution in [0.15, 0.2) is 42.5 Å². The van der Waals surface area contributed by atoms with Gasteiger partial charge in [-0.15, -0.1) is 0 Å². The molecule has 1 unspecified atom stereocenters. The Morgan fingerprint density at radius 1 is 1.00 bits per heavy atom. The van der Waals surface area contributed by atoms with Crippen LogP contribution in [0.3, 0.4) is 0 Å². The summed E-state index contributed by atoms with van der Waals surface area (Å²) in [7, 11) is 0. The summed E-state index contributed by atoms with van der Waals surface area (Å²) in [6.07, 6.45) is -5.40. The number of benzene rings is 2. The third kappa shape index (κ3) is 6.05. The lowest BCUT2D eigenvalue weighted by atomic mass is 10.0. The van der Waals surface area contributed by atoms with Crippen molar-refractivity contribution in [3.63, 3.8) is 0 Å². The number of nitrogens with two attached hydrogens (primary N) is 1. The lowest BCUT2D eigenvalue weighted by Crippen LogP contribution is -2.43. The zero-order valence-electron chi connectivity index (χ0n) is 13.7. The molecule has 0 bridgehead atoms. The van der Waals surface area contributed by atoms with Gasteiger partial charge in [0, 0.05) is 25.2 Å². The van der Waals surface area contributed by atoms with Gasteiger partial charge in [0.25, 0.3) is 0 Å². The van der Waals surface area contributed by atoms with E-state index in [1.54, 1.807) is 0 Å². The van der Waals surface area contributed by atoms with Crippen LogP contribution >= 0.6 is 0 Å². The van der Waals surface area contributed by atoms with Gasteiger partial charge in [0.15, 0.2) is 0 Å². The maximum absolute atomic E-state index is 13.2. The van der Waals surface area contributed by atoms with Crippen molar-refractivity contribution in [2.24, 2.45) is 5.73 Å². The van der Waals surface area contributed by atoms with E-state index in [2.05, 4.69) is 5.32 Å². The summed E-state index contributed by atoms with van der Waals surface area (Å²) in [5.74, 6) is -1.46. The van der Waals surface area contributed by atoms with Crippen molar-refractivity contribution in [3.8, 4) is 0 Å². The normalized spacial score (nSPS) is 14.3. The molecule has 142 valence electrons. The first-order chi connectivity index (χ1) is 12.1. The summed E-state index contributed by atoms with van der Waals surface area (Å²) in [6.45, 7) is 0.136. The van der Waals surface area contributed by atoms with Gasteiger partial charge in [0.1, 0.15) is 11.6 Å². The summed E-state index contributed by atoms with van der Waals surface area (Å²) < 4.78 is 64.3.